The average molecular weight is 395 g/mol. The Hall–Kier alpha value is -1.44. The Morgan fingerprint density at radius 3 is 2.63 bits per heavy atom. The number of thiol groups is 1. The van der Waals surface area contributed by atoms with Crippen LogP contribution in [0.15, 0.2) is 23.1 Å². The molecule has 2 atom stereocenters. The minimum atomic E-state index is -0.493. The third-order valence-corrected chi connectivity index (χ3v) is 4.97. The van der Waals surface area contributed by atoms with Crippen molar-refractivity contribution in [2.24, 2.45) is 0 Å². The van der Waals surface area contributed by atoms with Crippen molar-refractivity contribution < 1.29 is 19.0 Å². The molecule has 0 radical (unpaired) electrons. The fraction of sp³-hybridized carbons (Fsp3) is 0.650. The number of hydrogen-bond acceptors (Lipinski definition) is 6. The Morgan fingerprint density at radius 2 is 2.00 bits per heavy atom. The molecule has 150 valence electrons. The van der Waals surface area contributed by atoms with Gasteiger partial charge in [-0.2, -0.15) is 0 Å². The van der Waals surface area contributed by atoms with Crippen LogP contribution in [0.4, 0.5) is 10.5 Å². The molecule has 0 aromatic heterocycles. The lowest BCUT2D eigenvalue weighted by atomic mass is 9.89. The van der Waals surface area contributed by atoms with Gasteiger partial charge in [0, 0.05) is 23.7 Å². The highest BCUT2D eigenvalue weighted by molar-refractivity contribution is 7.80. The summed E-state index contributed by atoms with van der Waals surface area (Å²) in [5.74, 6) is 0. The van der Waals surface area contributed by atoms with Crippen LogP contribution < -0.4 is 10.2 Å². The monoisotopic (exact) mass is 394 g/mol. The lowest BCUT2D eigenvalue weighted by Gasteiger charge is -2.37. The Labute approximate surface area is 166 Å². The van der Waals surface area contributed by atoms with Crippen molar-refractivity contribution in [3.05, 3.63) is 23.8 Å². The maximum Gasteiger partial charge on any atom is 0.407 e. The van der Waals surface area contributed by atoms with E-state index in [1.807, 2.05) is 26.8 Å². The quantitative estimate of drug-likeness (QED) is 0.750. The van der Waals surface area contributed by atoms with Gasteiger partial charge >= 0.3 is 6.09 Å². The average Bonchev–Trinajstić information content (AvgIpc) is 2.58. The number of amides is 1. The second-order valence-electron chi connectivity index (χ2n) is 8.14. The standard InChI is InChI=1S/C20H30N2O4S/c1-20(2,3)26-19(23)21-17-4-5-18(17)25-13-14-10-15(12-16(27)11-14)22-6-8-24-9-7-22/h10-12,17-18,27H,4-9,13H2,1-3H3,(H,21,23)/t17-,18-/m1/s1. The first-order valence-corrected chi connectivity index (χ1v) is 10.0. The van der Waals surface area contributed by atoms with E-state index in [0.29, 0.717) is 6.61 Å². The van der Waals surface area contributed by atoms with Gasteiger partial charge in [0.2, 0.25) is 0 Å². The summed E-state index contributed by atoms with van der Waals surface area (Å²) in [6.45, 7) is 9.37. The van der Waals surface area contributed by atoms with E-state index in [1.54, 1.807) is 0 Å². The SMILES string of the molecule is CC(C)(C)OC(=O)N[C@@H]1CC[C@H]1OCc1cc(S)cc(N2CCOCC2)c1. The van der Waals surface area contributed by atoms with Gasteiger partial charge in [0.05, 0.1) is 32.0 Å². The number of carbonyl (C=O) groups excluding carboxylic acids is 1. The highest BCUT2D eigenvalue weighted by atomic mass is 32.1. The van der Waals surface area contributed by atoms with Crippen LogP contribution >= 0.6 is 12.6 Å². The maximum absolute atomic E-state index is 11.9. The van der Waals surface area contributed by atoms with E-state index in [-0.39, 0.29) is 18.2 Å². The number of nitrogens with one attached hydrogen (secondary N) is 1. The number of anilines is 1. The van der Waals surface area contributed by atoms with Gasteiger partial charge in [0.1, 0.15) is 5.60 Å². The molecule has 0 bridgehead atoms. The lowest BCUT2D eigenvalue weighted by molar-refractivity contribution is -0.0391. The number of hydrogen-bond donors (Lipinski definition) is 2. The minimum absolute atomic E-state index is 0.0118. The molecule has 27 heavy (non-hydrogen) atoms. The summed E-state index contributed by atoms with van der Waals surface area (Å²) in [6, 6.07) is 6.27. The van der Waals surface area contributed by atoms with E-state index in [2.05, 4.69) is 35.0 Å². The van der Waals surface area contributed by atoms with Gasteiger partial charge in [0.25, 0.3) is 0 Å². The Kier molecular flexibility index (Phi) is 6.55. The fourth-order valence-electron chi connectivity index (χ4n) is 3.24. The van der Waals surface area contributed by atoms with Gasteiger partial charge in [-0.15, -0.1) is 12.6 Å². The lowest BCUT2D eigenvalue weighted by Crippen LogP contribution is -2.52. The normalized spacial score (nSPS) is 22.9. The van der Waals surface area contributed by atoms with Crippen LogP contribution in [0, 0.1) is 0 Å². The van der Waals surface area contributed by atoms with Crippen molar-refractivity contribution >= 4 is 24.4 Å². The van der Waals surface area contributed by atoms with Crippen LogP contribution in [0.2, 0.25) is 0 Å². The molecule has 3 rings (SSSR count). The molecular formula is C20H30N2O4S. The zero-order valence-electron chi connectivity index (χ0n) is 16.4. The molecule has 1 saturated carbocycles. The third-order valence-electron chi connectivity index (χ3n) is 4.72. The van der Waals surface area contributed by atoms with E-state index in [0.717, 1.165) is 55.3 Å². The second kappa shape index (κ2) is 8.71. The Bertz CT molecular complexity index is 656. The van der Waals surface area contributed by atoms with Gasteiger partial charge in [-0.3, -0.25) is 0 Å². The van der Waals surface area contributed by atoms with Crippen LogP contribution in [-0.4, -0.2) is 50.1 Å². The van der Waals surface area contributed by atoms with Crippen LogP contribution in [-0.2, 0) is 20.8 Å². The summed E-state index contributed by atoms with van der Waals surface area (Å²) < 4.78 is 16.8. The number of morpholine rings is 1. The van der Waals surface area contributed by atoms with E-state index in [4.69, 9.17) is 14.2 Å². The number of nitrogens with zero attached hydrogens (tertiary/aromatic N) is 1. The topological polar surface area (TPSA) is 60.0 Å². The number of alkyl carbamates (subject to hydrolysis) is 1. The third kappa shape index (κ3) is 6.02. The molecule has 1 aromatic rings. The molecular weight excluding hydrogens is 364 g/mol. The van der Waals surface area contributed by atoms with Crippen molar-refractivity contribution in [1.29, 1.82) is 0 Å². The van der Waals surface area contributed by atoms with Crippen molar-refractivity contribution in [1.82, 2.24) is 5.32 Å². The molecule has 0 spiro atoms. The molecule has 2 aliphatic rings. The van der Waals surface area contributed by atoms with E-state index >= 15 is 0 Å². The smallest absolute Gasteiger partial charge is 0.407 e. The zero-order chi connectivity index (χ0) is 19.4. The molecule has 1 aromatic carbocycles. The van der Waals surface area contributed by atoms with Gasteiger partial charge in [-0.25, -0.2) is 4.79 Å². The first kappa shape index (κ1) is 20.3. The molecule has 0 unspecified atom stereocenters. The van der Waals surface area contributed by atoms with E-state index in [1.165, 1.54) is 0 Å². The van der Waals surface area contributed by atoms with Crippen LogP contribution in [0.1, 0.15) is 39.2 Å². The van der Waals surface area contributed by atoms with E-state index < -0.39 is 5.60 Å². The number of carbonyl (C=O) groups is 1. The summed E-state index contributed by atoms with van der Waals surface area (Å²) in [4.78, 5) is 15.2. The number of benzene rings is 1. The molecule has 1 heterocycles. The van der Waals surface area contributed by atoms with Gasteiger partial charge < -0.3 is 24.4 Å². The zero-order valence-corrected chi connectivity index (χ0v) is 17.3. The number of ether oxygens (including phenoxy) is 3. The van der Waals surface area contributed by atoms with Crippen molar-refractivity contribution in [3.63, 3.8) is 0 Å². The molecule has 2 fully saturated rings. The summed E-state index contributed by atoms with van der Waals surface area (Å²) in [5, 5.41) is 2.91. The summed E-state index contributed by atoms with van der Waals surface area (Å²) in [7, 11) is 0. The number of rotatable bonds is 5. The summed E-state index contributed by atoms with van der Waals surface area (Å²) in [5.41, 5.74) is 1.75. The van der Waals surface area contributed by atoms with Crippen LogP contribution in [0.3, 0.4) is 0 Å². The van der Waals surface area contributed by atoms with Crippen molar-refractivity contribution in [2.45, 2.75) is 62.9 Å². The van der Waals surface area contributed by atoms with E-state index in [9.17, 15) is 4.79 Å². The highest BCUT2D eigenvalue weighted by Gasteiger charge is 2.34. The molecule has 6 nitrogen and oxygen atoms in total. The predicted molar refractivity (Wildman–Crippen MR) is 108 cm³/mol. The molecule has 7 heteroatoms. The first-order valence-electron chi connectivity index (χ1n) is 9.57. The molecule has 1 saturated heterocycles. The van der Waals surface area contributed by atoms with Gasteiger partial charge in [0.15, 0.2) is 0 Å². The molecule has 1 aliphatic heterocycles. The van der Waals surface area contributed by atoms with Crippen LogP contribution in [0.5, 0.6) is 0 Å². The Balaban J connectivity index is 1.52. The molecule has 1 N–H and O–H groups in total. The highest BCUT2D eigenvalue weighted by Crippen LogP contribution is 2.27. The summed E-state index contributed by atoms with van der Waals surface area (Å²) >= 11 is 4.54. The van der Waals surface area contributed by atoms with Crippen molar-refractivity contribution in [2.75, 3.05) is 31.2 Å². The predicted octanol–water partition coefficient (Wildman–Crippen LogP) is 3.38. The van der Waals surface area contributed by atoms with Crippen molar-refractivity contribution in [3.8, 4) is 0 Å². The first-order chi connectivity index (χ1) is 12.8. The Morgan fingerprint density at radius 1 is 1.26 bits per heavy atom. The van der Waals surface area contributed by atoms with Gasteiger partial charge in [-0.05, 0) is 57.4 Å². The van der Waals surface area contributed by atoms with Crippen LogP contribution in [0.25, 0.3) is 0 Å². The summed E-state index contributed by atoms with van der Waals surface area (Å²) in [6.07, 6.45) is 1.49. The fourth-order valence-corrected chi connectivity index (χ4v) is 3.54. The van der Waals surface area contributed by atoms with Gasteiger partial charge in [-0.1, -0.05) is 0 Å². The maximum atomic E-state index is 11.9. The second-order valence-corrected chi connectivity index (χ2v) is 8.65. The molecule has 1 amide bonds. The largest absolute Gasteiger partial charge is 0.444 e. The molecule has 1 aliphatic carbocycles. The minimum Gasteiger partial charge on any atom is -0.444 e.